The summed E-state index contributed by atoms with van der Waals surface area (Å²) in [6, 6.07) is 8.04. The van der Waals surface area contributed by atoms with Crippen LogP contribution < -0.4 is 15.8 Å². The third kappa shape index (κ3) is 6.97. The van der Waals surface area contributed by atoms with E-state index in [1.54, 1.807) is 24.4 Å². The fraction of sp³-hybridized carbons (Fsp3) is 0.333. The van der Waals surface area contributed by atoms with Crippen LogP contribution in [0.4, 0.5) is 5.69 Å². The van der Waals surface area contributed by atoms with E-state index < -0.39 is 10.0 Å². The molecule has 0 aliphatic carbocycles. The molecule has 27 heavy (non-hydrogen) atoms. The maximum absolute atomic E-state index is 12.3. The van der Waals surface area contributed by atoms with Gasteiger partial charge in [-0.1, -0.05) is 12.1 Å². The van der Waals surface area contributed by atoms with Crippen molar-refractivity contribution in [1.29, 1.82) is 0 Å². The molecule has 146 valence electrons. The van der Waals surface area contributed by atoms with Crippen LogP contribution in [0, 0.1) is 0 Å². The lowest BCUT2D eigenvalue weighted by Gasteiger charge is -2.12. The van der Waals surface area contributed by atoms with Gasteiger partial charge in [0.2, 0.25) is 10.0 Å². The summed E-state index contributed by atoms with van der Waals surface area (Å²) >= 11 is 0. The Kier molecular flexibility index (Phi) is 7.28. The summed E-state index contributed by atoms with van der Waals surface area (Å²) in [5, 5.41) is 11.1. The van der Waals surface area contributed by atoms with Crippen LogP contribution in [0.5, 0.6) is 0 Å². The molecule has 0 saturated heterocycles. The largest absolute Gasteiger partial charge is 0.382 e. The lowest BCUT2D eigenvalue weighted by atomic mass is 10.1. The van der Waals surface area contributed by atoms with Crippen molar-refractivity contribution in [1.82, 2.24) is 15.2 Å². The molecule has 0 spiro atoms. The lowest BCUT2D eigenvalue weighted by Crippen LogP contribution is -2.26. The Morgan fingerprint density at radius 1 is 1.15 bits per heavy atom. The number of amides is 1. The van der Waals surface area contributed by atoms with Crippen LogP contribution in [-0.2, 0) is 16.4 Å². The fourth-order valence-corrected chi connectivity index (χ4v) is 2.87. The van der Waals surface area contributed by atoms with Crippen LogP contribution in [0.15, 0.2) is 47.6 Å². The van der Waals surface area contributed by atoms with Crippen molar-refractivity contribution < 1.29 is 13.2 Å². The molecule has 2 aromatic rings. The number of primary sulfonamides is 1. The van der Waals surface area contributed by atoms with E-state index in [0.29, 0.717) is 18.5 Å². The second kappa shape index (κ2) is 9.45. The highest BCUT2D eigenvalue weighted by Gasteiger charge is 2.08. The summed E-state index contributed by atoms with van der Waals surface area (Å²) in [5.74, 6) is -0.208. The predicted octanol–water partition coefficient (Wildman–Crippen LogP) is 0.675. The van der Waals surface area contributed by atoms with E-state index in [1.165, 1.54) is 18.3 Å². The molecule has 2 rings (SSSR count). The maximum atomic E-state index is 12.3. The molecule has 4 N–H and O–H groups in total. The molecular formula is C18H25N5O3S. The number of hydrogen-bond donors (Lipinski definition) is 3. The van der Waals surface area contributed by atoms with Gasteiger partial charge in [0.15, 0.2) is 0 Å². The summed E-state index contributed by atoms with van der Waals surface area (Å²) < 4.78 is 22.5. The first-order chi connectivity index (χ1) is 12.8. The zero-order valence-electron chi connectivity index (χ0n) is 15.5. The Morgan fingerprint density at radius 3 is 2.48 bits per heavy atom. The number of benzene rings is 1. The van der Waals surface area contributed by atoms with E-state index in [-0.39, 0.29) is 10.8 Å². The van der Waals surface area contributed by atoms with Gasteiger partial charge < -0.3 is 15.5 Å². The fourth-order valence-electron chi connectivity index (χ4n) is 2.35. The van der Waals surface area contributed by atoms with E-state index in [9.17, 15) is 13.2 Å². The molecule has 1 aromatic carbocycles. The van der Waals surface area contributed by atoms with E-state index in [0.717, 1.165) is 24.3 Å². The van der Waals surface area contributed by atoms with Crippen molar-refractivity contribution in [2.75, 3.05) is 39.0 Å². The van der Waals surface area contributed by atoms with Gasteiger partial charge in [0, 0.05) is 32.0 Å². The van der Waals surface area contributed by atoms with Gasteiger partial charge in [-0.2, -0.15) is 0 Å². The van der Waals surface area contributed by atoms with Gasteiger partial charge in [0.05, 0.1) is 16.1 Å². The summed E-state index contributed by atoms with van der Waals surface area (Å²) in [7, 11) is 0.294. The summed E-state index contributed by atoms with van der Waals surface area (Å²) in [6.07, 6.45) is 3.78. The molecule has 0 fully saturated rings. The second-order valence-corrected chi connectivity index (χ2v) is 7.95. The van der Waals surface area contributed by atoms with Crippen LogP contribution >= 0.6 is 0 Å². The summed E-state index contributed by atoms with van der Waals surface area (Å²) in [6.45, 7) is 2.06. The average Bonchev–Trinajstić information content (AvgIpc) is 2.61. The van der Waals surface area contributed by atoms with E-state index in [1.807, 2.05) is 14.1 Å². The number of carbonyl (C=O) groups excluding carboxylic acids is 1. The average molecular weight is 391 g/mol. The SMILES string of the molecule is CN(C)CCNc1cncc(C(=O)NCCc2ccc(S(N)(=O)=O)cc2)c1. The minimum atomic E-state index is -3.69. The molecular weight excluding hydrogens is 366 g/mol. The van der Waals surface area contributed by atoms with Gasteiger partial charge >= 0.3 is 0 Å². The summed E-state index contributed by atoms with van der Waals surface area (Å²) in [4.78, 5) is 18.5. The zero-order chi connectivity index (χ0) is 19.9. The number of pyridine rings is 1. The van der Waals surface area contributed by atoms with Crippen LogP contribution in [0.2, 0.25) is 0 Å². The van der Waals surface area contributed by atoms with Crippen molar-refractivity contribution in [3.8, 4) is 0 Å². The predicted molar refractivity (Wildman–Crippen MR) is 105 cm³/mol. The molecule has 0 atom stereocenters. The Balaban J connectivity index is 1.85. The number of likely N-dealkylation sites (N-methyl/N-ethyl adjacent to an activating group) is 1. The molecule has 0 saturated carbocycles. The molecule has 9 heteroatoms. The quantitative estimate of drug-likeness (QED) is 0.578. The third-order valence-electron chi connectivity index (χ3n) is 3.84. The molecule has 0 unspecified atom stereocenters. The normalized spacial score (nSPS) is 11.4. The Bertz CT molecular complexity index is 867. The first-order valence-electron chi connectivity index (χ1n) is 8.49. The third-order valence-corrected chi connectivity index (χ3v) is 4.77. The van der Waals surface area contributed by atoms with E-state index in [2.05, 4.69) is 20.5 Å². The molecule has 1 aromatic heterocycles. The zero-order valence-corrected chi connectivity index (χ0v) is 16.3. The van der Waals surface area contributed by atoms with Crippen LogP contribution in [0.25, 0.3) is 0 Å². The molecule has 8 nitrogen and oxygen atoms in total. The Hall–Kier alpha value is -2.49. The number of rotatable bonds is 9. The Labute approximate surface area is 159 Å². The minimum absolute atomic E-state index is 0.0694. The highest BCUT2D eigenvalue weighted by Crippen LogP contribution is 2.10. The molecule has 0 radical (unpaired) electrons. The number of nitrogens with one attached hydrogen (secondary N) is 2. The van der Waals surface area contributed by atoms with Crippen LogP contribution in [0.1, 0.15) is 15.9 Å². The number of carbonyl (C=O) groups is 1. The van der Waals surface area contributed by atoms with Gasteiger partial charge in [-0.3, -0.25) is 9.78 Å². The number of hydrogen-bond acceptors (Lipinski definition) is 6. The highest BCUT2D eigenvalue weighted by molar-refractivity contribution is 7.89. The topological polar surface area (TPSA) is 117 Å². The smallest absolute Gasteiger partial charge is 0.252 e. The summed E-state index contributed by atoms with van der Waals surface area (Å²) in [5.41, 5.74) is 2.18. The molecule has 0 aliphatic rings. The first-order valence-corrected chi connectivity index (χ1v) is 10.0. The van der Waals surface area contributed by atoms with Gasteiger partial charge in [-0.05, 0) is 44.3 Å². The lowest BCUT2D eigenvalue weighted by molar-refractivity contribution is 0.0954. The number of aromatic nitrogens is 1. The number of sulfonamides is 1. The molecule has 0 aliphatic heterocycles. The number of nitrogens with zero attached hydrogens (tertiary/aromatic N) is 2. The van der Waals surface area contributed by atoms with Gasteiger partial charge in [0.25, 0.3) is 5.91 Å². The number of anilines is 1. The monoisotopic (exact) mass is 391 g/mol. The van der Waals surface area contributed by atoms with Crippen molar-refractivity contribution in [3.63, 3.8) is 0 Å². The van der Waals surface area contributed by atoms with E-state index in [4.69, 9.17) is 5.14 Å². The highest BCUT2D eigenvalue weighted by atomic mass is 32.2. The molecule has 1 heterocycles. The standard InChI is InChI=1S/C18H25N5O3S/c1-23(2)10-9-21-16-11-15(12-20-13-16)18(24)22-8-7-14-3-5-17(6-4-14)27(19,25)26/h3-6,11-13,21H,7-10H2,1-2H3,(H,22,24)(H2,19,25,26). The van der Waals surface area contributed by atoms with Crippen molar-refractivity contribution >= 4 is 21.6 Å². The van der Waals surface area contributed by atoms with Crippen molar-refractivity contribution in [2.24, 2.45) is 5.14 Å². The molecule has 0 bridgehead atoms. The number of nitrogens with two attached hydrogens (primary N) is 1. The maximum Gasteiger partial charge on any atom is 0.252 e. The van der Waals surface area contributed by atoms with Gasteiger partial charge in [0.1, 0.15) is 0 Å². The second-order valence-electron chi connectivity index (χ2n) is 6.39. The van der Waals surface area contributed by atoms with Crippen molar-refractivity contribution in [2.45, 2.75) is 11.3 Å². The molecule has 1 amide bonds. The van der Waals surface area contributed by atoms with Crippen LogP contribution in [-0.4, -0.2) is 57.9 Å². The van der Waals surface area contributed by atoms with Gasteiger partial charge in [-0.25, -0.2) is 13.6 Å². The first kappa shape index (κ1) is 20.8. The van der Waals surface area contributed by atoms with Crippen molar-refractivity contribution in [3.05, 3.63) is 53.9 Å². The Morgan fingerprint density at radius 2 is 1.85 bits per heavy atom. The van der Waals surface area contributed by atoms with Crippen LogP contribution in [0.3, 0.4) is 0 Å². The van der Waals surface area contributed by atoms with E-state index >= 15 is 0 Å². The van der Waals surface area contributed by atoms with Gasteiger partial charge in [-0.15, -0.1) is 0 Å². The minimum Gasteiger partial charge on any atom is -0.382 e.